The van der Waals surface area contributed by atoms with Crippen LogP contribution in [0.5, 0.6) is 0 Å². The number of carboxylic acid groups (broad SMARTS) is 2. The van der Waals surface area contributed by atoms with E-state index in [1.54, 1.807) is 23.9 Å². The third kappa shape index (κ3) is 17.9. The molecule has 6 N–H and O–H groups in total. The Morgan fingerprint density at radius 1 is 0.759 bits per heavy atom. The molecule has 2 aliphatic rings. The van der Waals surface area contributed by atoms with Crippen LogP contribution in [0.2, 0.25) is 0 Å². The molecule has 0 amide bonds. The SMILES string of the molecule is NN1CCCCS1.NN1CCCCS1.O=C(O)CS(=O)(=O)CS(=O)(=O)CC(=O)O. The Bertz CT molecular complexity index is 644. The van der Waals surface area contributed by atoms with E-state index in [2.05, 4.69) is 0 Å². The number of aliphatic carboxylic acids is 2. The lowest BCUT2D eigenvalue weighted by Crippen LogP contribution is -2.28. The Balaban J connectivity index is 0.000000458. The third-order valence-corrected chi connectivity index (χ3v) is 9.32. The molecule has 0 saturated carbocycles. The second-order valence-corrected chi connectivity index (χ2v) is 12.8. The van der Waals surface area contributed by atoms with Crippen LogP contribution in [-0.4, -0.2) is 89.0 Å². The molecule has 172 valence electrons. The van der Waals surface area contributed by atoms with Crippen molar-refractivity contribution < 1.29 is 36.6 Å². The number of hydrazine groups is 2. The van der Waals surface area contributed by atoms with E-state index in [0.29, 0.717) is 0 Å². The highest BCUT2D eigenvalue weighted by molar-refractivity contribution is 8.08. The van der Waals surface area contributed by atoms with Crippen LogP contribution in [0.25, 0.3) is 0 Å². The number of nitrogens with zero attached hydrogens (tertiary/aromatic N) is 2. The van der Waals surface area contributed by atoms with E-state index in [-0.39, 0.29) is 0 Å². The van der Waals surface area contributed by atoms with E-state index in [1.165, 1.54) is 37.2 Å². The van der Waals surface area contributed by atoms with Crippen LogP contribution in [0.15, 0.2) is 0 Å². The van der Waals surface area contributed by atoms with Crippen LogP contribution in [0, 0.1) is 0 Å². The Morgan fingerprint density at radius 2 is 1.10 bits per heavy atom. The topological polar surface area (TPSA) is 201 Å². The van der Waals surface area contributed by atoms with Gasteiger partial charge >= 0.3 is 11.9 Å². The van der Waals surface area contributed by atoms with Crippen molar-refractivity contribution in [3.63, 3.8) is 0 Å². The lowest BCUT2D eigenvalue weighted by Gasteiger charge is -2.18. The van der Waals surface area contributed by atoms with E-state index in [9.17, 15) is 26.4 Å². The zero-order valence-corrected chi connectivity index (χ0v) is 19.1. The molecule has 2 heterocycles. The summed E-state index contributed by atoms with van der Waals surface area (Å²) in [4.78, 5) is 20.1. The van der Waals surface area contributed by atoms with Gasteiger partial charge in [-0.15, -0.1) is 0 Å². The molecule has 0 aromatic carbocycles. The van der Waals surface area contributed by atoms with Crippen molar-refractivity contribution >= 4 is 55.5 Å². The molecule has 0 bridgehead atoms. The number of sulfone groups is 2. The Morgan fingerprint density at radius 3 is 1.28 bits per heavy atom. The molecule has 0 aromatic rings. The second-order valence-electron chi connectivity index (χ2n) is 6.04. The first kappa shape index (κ1) is 28.4. The molecule has 0 atom stereocenters. The van der Waals surface area contributed by atoms with Gasteiger partial charge in [0.2, 0.25) is 0 Å². The minimum Gasteiger partial charge on any atom is -0.480 e. The van der Waals surface area contributed by atoms with Crippen molar-refractivity contribution in [2.75, 3.05) is 41.2 Å². The smallest absolute Gasteiger partial charge is 0.318 e. The number of hydrogen-bond donors (Lipinski definition) is 4. The van der Waals surface area contributed by atoms with Crippen molar-refractivity contribution in [1.82, 2.24) is 8.83 Å². The summed E-state index contributed by atoms with van der Waals surface area (Å²) < 4.78 is 47.2. The molecule has 0 aromatic heterocycles. The summed E-state index contributed by atoms with van der Waals surface area (Å²) in [6.45, 7) is 2.12. The molecular weight excluding hydrogens is 468 g/mol. The summed E-state index contributed by atoms with van der Waals surface area (Å²) in [7, 11) is -8.67. The average molecular weight is 497 g/mol. The van der Waals surface area contributed by atoms with Gasteiger partial charge < -0.3 is 10.2 Å². The molecule has 12 nitrogen and oxygen atoms in total. The molecule has 2 saturated heterocycles. The molecule has 16 heteroatoms. The molecule has 0 unspecified atom stereocenters. The van der Waals surface area contributed by atoms with Gasteiger partial charge in [-0.25, -0.2) is 16.8 Å². The van der Waals surface area contributed by atoms with Crippen LogP contribution >= 0.6 is 23.9 Å². The quantitative estimate of drug-likeness (QED) is 0.261. The minimum atomic E-state index is -4.33. The van der Waals surface area contributed by atoms with Crippen LogP contribution in [-0.2, 0) is 29.3 Å². The van der Waals surface area contributed by atoms with Gasteiger partial charge in [-0.05, 0) is 25.7 Å². The standard InChI is InChI=1S/C5H8O8S2.2C4H10N2S/c6-4(7)1-14(10,11)3-15(12,13)2-5(8)9;2*5-6-3-1-2-4-7-6/h1-3H2,(H,6,7)(H,8,9);2*1-5H2. The first-order chi connectivity index (χ1) is 13.3. The number of carbonyl (C=O) groups is 2. The zero-order chi connectivity index (χ0) is 22.5. The molecule has 2 aliphatic heterocycles. The van der Waals surface area contributed by atoms with Gasteiger partial charge in [-0.1, -0.05) is 23.9 Å². The molecule has 29 heavy (non-hydrogen) atoms. The Hall–Kier alpha value is -0.620. The highest BCUT2D eigenvalue weighted by atomic mass is 32.3. The van der Waals surface area contributed by atoms with Crippen molar-refractivity contribution in [2.24, 2.45) is 11.7 Å². The predicted octanol–water partition coefficient (Wildman–Crippen LogP) is -0.849. The Kier molecular flexibility index (Phi) is 14.1. The van der Waals surface area contributed by atoms with E-state index in [0.717, 1.165) is 13.1 Å². The maximum absolute atomic E-state index is 10.9. The largest absolute Gasteiger partial charge is 0.480 e. The minimum absolute atomic E-state index is 1.06. The maximum Gasteiger partial charge on any atom is 0.318 e. The van der Waals surface area contributed by atoms with Crippen molar-refractivity contribution in [3.8, 4) is 0 Å². The van der Waals surface area contributed by atoms with Crippen LogP contribution in [0.3, 0.4) is 0 Å². The van der Waals surface area contributed by atoms with E-state index >= 15 is 0 Å². The summed E-state index contributed by atoms with van der Waals surface area (Å²) in [6, 6.07) is 0. The zero-order valence-electron chi connectivity index (χ0n) is 15.8. The number of hydrogen-bond acceptors (Lipinski definition) is 12. The predicted molar refractivity (Wildman–Crippen MR) is 113 cm³/mol. The molecule has 0 aliphatic carbocycles. The maximum atomic E-state index is 10.9. The van der Waals surface area contributed by atoms with Crippen LogP contribution < -0.4 is 11.7 Å². The first-order valence-electron chi connectivity index (χ1n) is 8.48. The Labute approximate surface area is 179 Å². The fraction of sp³-hybridized carbons (Fsp3) is 0.846. The van der Waals surface area contributed by atoms with E-state index in [1.807, 2.05) is 8.83 Å². The summed E-state index contributed by atoms with van der Waals surface area (Å²) in [5, 5.41) is 14.8. The highest BCUT2D eigenvalue weighted by Crippen LogP contribution is 2.14. The van der Waals surface area contributed by atoms with Gasteiger partial charge in [0.15, 0.2) is 24.8 Å². The second kappa shape index (κ2) is 14.4. The van der Waals surface area contributed by atoms with Gasteiger partial charge in [0, 0.05) is 24.6 Å². The number of rotatable bonds is 6. The van der Waals surface area contributed by atoms with Crippen molar-refractivity contribution in [3.05, 3.63) is 0 Å². The van der Waals surface area contributed by atoms with Crippen LogP contribution in [0.1, 0.15) is 25.7 Å². The van der Waals surface area contributed by atoms with Crippen molar-refractivity contribution in [1.29, 1.82) is 0 Å². The molecule has 2 fully saturated rings. The number of nitrogens with two attached hydrogens (primary N) is 2. The summed E-state index contributed by atoms with van der Waals surface area (Å²) in [5.41, 5.74) is 0. The molecule has 0 radical (unpaired) electrons. The van der Waals surface area contributed by atoms with Gasteiger partial charge in [0.05, 0.1) is 0 Å². The average Bonchev–Trinajstić information content (AvgIpc) is 2.53. The molecule has 2 rings (SSSR count). The fourth-order valence-electron chi connectivity index (χ4n) is 1.97. The molecule has 0 spiro atoms. The summed E-state index contributed by atoms with van der Waals surface area (Å²) in [5.74, 6) is 7.20. The normalized spacial score (nSPS) is 18.6. The van der Waals surface area contributed by atoms with Gasteiger partial charge in [0.1, 0.15) is 11.5 Å². The number of carboxylic acids is 2. The lowest BCUT2D eigenvalue weighted by molar-refractivity contribution is -0.135. The van der Waals surface area contributed by atoms with Crippen molar-refractivity contribution in [2.45, 2.75) is 25.7 Å². The summed E-state index contributed by atoms with van der Waals surface area (Å²) in [6.07, 6.45) is 5.20. The van der Waals surface area contributed by atoms with E-state index in [4.69, 9.17) is 21.9 Å². The lowest BCUT2D eigenvalue weighted by atomic mass is 10.3. The van der Waals surface area contributed by atoms with Gasteiger partial charge in [0.25, 0.3) is 0 Å². The third-order valence-electron chi connectivity index (χ3n) is 3.11. The van der Waals surface area contributed by atoms with E-state index < -0.39 is 48.2 Å². The van der Waals surface area contributed by atoms with Crippen LogP contribution in [0.4, 0.5) is 0 Å². The highest BCUT2D eigenvalue weighted by Gasteiger charge is 2.26. The molecular formula is C13H28N4O8S4. The van der Waals surface area contributed by atoms with Gasteiger partial charge in [-0.3, -0.25) is 21.3 Å². The fourth-order valence-corrected chi connectivity index (χ4v) is 7.22. The van der Waals surface area contributed by atoms with Gasteiger partial charge in [-0.2, -0.15) is 8.83 Å². The summed E-state index contributed by atoms with van der Waals surface area (Å²) >= 11 is 3.46. The first-order valence-corrected chi connectivity index (χ1v) is 14.0. The monoisotopic (exact) mass is 496 g/mol.